The molecule has 0 aliphatic heterocycles. The summed E-state index contributed by atoms with van der Waals surface area (Å²) >= 11 is 0. The van der Waals surface area contributed by atoms with Crippen LogP contribution >= 0.6 is 0 Å². The van der Waals surface area contributed by atoms with Crippen molar-refractivity contribution in [3.63, 3.8) is 0 Å². The van der Waals surface area contributed by atoms with Crippen molar-refractivity contribution in [2.75, 3.05) is 12.0 Å². The van der Waals surface area contributed by atoms with Crippen molar-refractivity contribution in [1.29, 1.82) is 0 Å². The summed E-state index contributed by atoms with van der Waals surface area (Å²) in [6.07, 6.45) is -5.86. The van der Waals surface area contributed by atoms with Gasteiger partial charge in [-0.15, -0.1) is 5.10 Å². The summed E-state index contributed by atoms with van der Waals surface area (Å²) in [6, 6.07) is 3.47. The van der Waals surface area contributed by atoms with Crippen LogP contribution in [0.15, 0.2) is 35.1 Å². The van der Waals surface area contributed by atoms with E-state index in [1.165, 1.54) is 0 Å². The number of hydrogen-bond donors (Lipinski definition) is 2. The first-order chi connectivity index (χ1) is 16.5. The SMILES string of the molecule is Cn1c(C(=O)O)nn(-c2cc(O[C@@H](CF)C(F)F)c(C(=O)Nc3c(F)cccc3F)cc2F)c1=O. The highest BCUT2D eigenvalue weighted by molar-refractivity contribution is 6.06. The minimum absolute atomic E-state index is 0.247. The Balaban J connectivity index is 2.16. The highest BCUT2D eigenvalue weighted by atomic mass is 19.3. The van der Waals surface area contributed by atoms with Gasteiger partial charge in [0.2, 0.25) is 5.82 Å². The van der Waals surface area contributed by atoms with Crippen LogP contribution in [-0.4, -0.2) is 50.5 Å². The number of carboxylic acids is 1. The van der Waals surface area contributed by atoms with E-state index in [1.807, 2.05) is 0 Å². The van der Waals surface area contributed by atoms with Gasteiger partial charge < -0.3 is 15.2 Å². The number of halogens is 6. The Morgan fingerprint density at radius 1 is 1.14 bits per heavy atom. The van der Waals surface area contributed by atoms with Crippen LogP contribution in [0.4, 0.5) is 32.0 Å². The van der Waals surface area contributed by atoms with Crippen LogP contribution in [0.3, 0.4) is 0 Å². The fourth-order valence-electron chi connectivity index (χ4n) is 2.87. The number of hydrogen-bond acceptors (Lipinski definition) is 5. The van der Waals surface area contributed by atoms with Crippen LogP contribution in [0.1, 0.15) is 21.0 Å². The van der Waals surface area contributed by atoms with E-state index >= 15 is 0 Å². The zero-order chi connectivity index (χ0) is 26.0. The molecule has 0 aliphatic carbocycles. The summed E-state index contributed by atoms with van der Waals surface area (Å²) in [4.78, 5) is 36.2. The molecule has 35 heavy (non-hydrogen) atoms. The van der Waals surface area contributed by atoms with Crippen molar-refractivity contribution in [1.82, 2.24) is 14.3 Å². The van der Waals surface area contributed by atoms with Gasteiger partial charge in [-0.3, -0.25) is 9.36 Å². The molecule has 0 bridgehead atoms. The second kappa shape index (κ2) is 9.90. The number of benzene rings is 2. The molecular weight excluding hydrogens is 490 g/mol. The third-order valence-corrected chi connectivity index (χ3v) is 4.61. The Labute approximate surface area is 191 Å². The smallest absolute Gasteiger partial charge is 0.374 e. The van der Waals surface area contributed by atoms with E-state index < -0.39 is 82.7 Å². The first-order valence-corrected chi connectivity index (χ1v) is 9.45. The highest BCUT2D eigenvalue weighted by Gasteiger charge is 2.28. The van der Waals surface area contributed by atoms with Crippen molar-refractivity contribution in [3.05, 3.63) is 69.7 Å². The minimum Gasteiger partial charge on any atom is -0.481 e. The molecular formula is C20H14F6N4O5. The topological polar surface area (TPSA) is 115 Å². The number of para-hydroxylation sites is 1. The molecule has 0 saturated carbocycles. The van der Waals surface area contributed by atoms with Gasteiger partial charge in [-0.05, 0) is 18.2 Å². The fourth-order valence-corrected chi connectivity index (χ4v) is 2.87. The Morgan fingerprint density at radius 2 is 1.77 bits per heavy atom. The number of aromatic carboxylic acids is 1. The number of carboxylic acid groups (broad SMARTS) is 1. The lowest BCUT2D eigenvalue weighted by molar-refractivity contribution is -0.00159. The number of rotatable bonds is 8. The van der Waals surface area contributed by atoms with E-state index in [2.05, 4.69) is 5.10 Å². The molecule has 0 spiro atoms. The monoisotopic (exact) mass is 504 g/mol. The van der Waals surface area contributed by atoms with Gasteiger partial charge in [-0.1, -0.05) is 6.07 Å². The summed E-state index contributed by atoms with van der Waals surface area (Å²) in [5, 5.41) is 14.3. The lowest BCUT2D eigenvalue weighted by atomic mass is 10.1. The molecule has 9 nitrogen and oxygen atoms in total. The van der Waals surface area contributed by atoms with Crippen LogP contribution in [0.2, 0.25) is 0 Å². The number of amides is 1. The van der Waals surface area contributed by atoms with Crippen LogP contribution < -0.4 is 15.7 Å². The zero-order valence-corrected chi connectivity index (χ0v) is 17.4. The molecule has 1 atom stereocenters. The summed E-state index contributed by atoms with van der Waals surface area (Å²) < 4.78 is 87.6. The summed E-state index contributed by atoms with van der Waals surface area (Å²) in [5.74, 6) is -8.64. The van der Waals surface area contributed by atoms with E-state index in [4.69, 9.17) is 9.84 Å². The quantitative estimate of drug-likeness (QED) is 0.456. The summed E-state index contributed by atoms with van der Waals surface area (Å²) in [5.41, 5.74) is -3.85. The maximum atomic E-state index is 14.9. The third kappa shape index (κ3) is 4.97. The number of ether oxygens (including phenoxy) is 1. The van der Waals surface area contributed by atoms with Crippen molar-refractivity contribution in [3.8, 4) is 11.4 Å². The Bertz CT molecular complexity index is 1340. The highest BCUT2D eigenvalue weighted by Crippen LogP contribution is 2.29. The maximum absolute atomic E-state index is 14.9. The van der Waals surface area contributed by atoms with Gasteiger partial charge >= 0.3 is 11.7 Å². The Hall–Kier alpha value is -4.30. The normalized spacial score (nSPS) is 12.0. The van der Waals surface area contributed by atoms with Crippen LogP contribution in [0, 0.1) is 17.5 Å². The van der Waals surface area contributed by atoms with Crippen molar-refractivity contribution in [2.45, 2.75) is 12.5 Å². The van der Waals surface area contributed by atoms with Gasteiger partial charge in [0.15, 0.2) is 6.10 Å². The van der Waals surface area contributed by atoms with Crippen LogP contribution in [0.25, 0.3) is 5.69 Å². The van der Waals surface area contributed by atoms with Gasteiger partial charge in [-0.2, -0.15) is 4.68 Å². The van der Waals surface area contributed by atoms with E-state index in [1.54, 1.807) is 5.32 Å². The molecule has 3 aromatic rings. The first-order valence-electron chi connectivity index (χ1n) is 9.45. The molecule has 2 aromatic carbocycles. The van der Waals surface area contributed by atoms with Crippen LogP contribution in [-0.2, 0) is 7.05 Å². The molecule has 0 fully saturated rings. The Morgan fingerprint density at radius 3 is 2.29 bits per heavy atom. The van der Waals surface area contributed by atoms with Gasteiger partial charge in [0.1, 0.15) is 41.3 Å². The maximum Gasteiger partial charge on any atom is 0.374 e. The predicted molar refractivity (Wildman–Crippen MR) is 106 cm³/mol. The van der Waals surface area contributed by atoms with Gasteiger partial charge in [0.25, 0.3) is 12.3 Å². The second-order valence-corrected chi connectivity index (χ2v) is 6.88. The van der Waals surface area contributed by atoms with E-state index in [-0.39, 0.29) is 4.68 Å². The molecule has 0 radical (unpaired) electrons. The molecule has 1 aromatic heterocycles. The van der Waals surface area contributed by atoms with Crippen LogP contribution in [0.5, 0.6) is 5.75 Å². The Kier molecular flexibility index (Phi) is 7.17. The molecule has 1 heterocycles. The lowest BCUT2D eigenvalue weighted by Crippen LogP contribution is -2.29. The standard InChI is InChI=1S/C20H14F6N4O5/c1-29-17(19(32)33)28-30(20(29)34)12-6-13(35-14(7-21)16(25)26)8(5-11(12)24)18(31)27-15-9(22)3-2-4-10(15)23/h2-6,14,16H,7H2,1H3,(H,27,31)(H,32,33)/t14-/m0/s1. The number of carbonyl (C=O) groups excluding carboxylic acids is 1. The molecule has 0 saturated heterocycles. The lowest BCUT2D eigenvalue weighted by Gasteiger charge is -2.19. The number of nitrogens with zero attached hydrogens (tertiary/aromatic N) is 3. The molecule has 186 valence electrons. The van der Waals surface area contributed by atoms with E-state index in [9.17, 15) is 40.7 Å². The molecule has 2 N–H and O–H groups in total. The zero-order valence-electron chi connectivity index (χ0n) is 17.4. The van der Waals surface area contributed by atoms with Crippen molar-refractivity contribution in [2.24, 2.45) is 7.05 Å². The van der Waals surface area contributed by atoms with E-state index in [0.29, 0.717) is 16.7 Å². The summed E-state index contributed by atoms with van der Waals surface area (Å²) in [7, 11) is 1.01. The average molecular weight is 504 g/mol. The number of carbonyl (C=O) groups is 2. The molecule has 3 rings (SSSR count). The number of anilines is 1. The number of aromatic nitrogens is 3. The third-order valence-electron chi connectivity index (χ3n) is 4.61. The van der Waals surface area contributed by atoms with E-state index in [0.717, 1.165) is 25.2 Å². The largest absolute Gasteiger partial charge is 0.481 e. The molecule has 15 heteroatoms. The fraction of sp³-hybridized carbons (Fsp3) is 0.200. The molecule has 0 aliphatic rings. The van der Waals surface area contributed by atoms with Crippen molar-refractivity contribution < 1.29 is 45.8 Å². The molecule has 0 unspecified atom stereocenters. The number of nitrogens with one attached hydrogen (secondary N) is 1. The van der Waals surface area contributed by atoms with Crippen molar-refractivity contribution >= 4 is 17.6 Å². The second-order valence-electron chi connectivity index (χ2n) is 6.88. The minimum atomic E-state index is -3.41. The first kappa shape index (κ1) is 25.3. The summed E-state index contributed by atoms with van der Waals surface area (Å²) in [6.45, 7) is -1.75. The average Bonchev–Trinajstić information content (AvgIpc) is 3.09. The molecule has 1 amide bonds. The van der Waals surface area contributed by atoms with Gasteiger partial charge in [0, 0.05) is 13.1 Å². The van der Waals surface area contributed by atoms with Gasteiger partial charge in [0.05, 0.1) is 5.56 Å². The number of alkyl halides is 3. The van der Waals surface area contributed by atoms with Gasteiger partial charge in [-0.25, -0.2) is 35.9 Å². The predicted octanol–water partition coefficient (Wildman–Crippen LogP) is 2.92.